The van der Waals surface area contributed by atoms with Crippen LogP contribution in [-0.4, -0.2) is 23.1 Å². The summed E-state index contributed by atoms with van der Waals surface area (Å²) in [6, 6.07) is 0. The number of carbonyl (C=O) groups is 2. The largest absolute Gasteiger partial charge is 0.481 e. The predicted octanol–water partition coefficient (Wildman–Crippen LogP) is 2.49. The van der Waals surface area contributed by atoms with Gasteiger partial charge >= 0.3 is 11.9 Å². The van der Waals surface area contributed by atoms with Gasteiger partial charge in [0.05, 0.1) is 0 Å². The highest BCUT2D eigenvalue weighted by Gasteiger charge is 2.66. The second kappa shape index (κ2) is 4.59. The van der Waals surface area contributed by atoms with Crippen molar-refractivity contribution < 1.29 is 19.4 Å². The number of hydrogen-bond acceptors (Lipinski definition) is 3. The van der Waals surface area contributed by atoms with Crippen LogP contribution in [0.3, 0.4) is 0 Å². The molecule has 4 aliphatic carbocycles. The molecule has 1 N–H and O–H groups in total. The van der Waals surface area contributed by atoms with E-state index in [-0.39, 0.29) is 12.1 Å². The molecule has 0 aromatic heterocycles. The van der Waals surface area contributed by atoms with E-state index in [0.717, 1.165) is 6.42 Å². The minimum atomic E-state index is -0.654. The van der Waals surface area contributed by atoms with Gasteiger partial charge in [0.1, 0.15) is 6.10 Å². The van der Waals surface area contributed by atoms with Crippen LogP contribution < -0.4 is 0 Å². The third-order valence-electron chi connectivity index (χ3n) is 6.84. The lowest BCUT2D eigenvalue weighted by Gasteiger charge is -2.38. The molecule has 8 unspecified atom stereocenters. The first-order valence-electron chi connectivity index (χ1n) is 8.15. The number of carboxylic acid groups (broad SMARTS) is 1. The van der Waals surface area contributed by atoms with Crippen LogP contribution in [0.1, 0.15) is 32.1 Å². The highest BCUT2D eigenvalue weighted by atomic mass is 16.5. The van der Waals surface area contributed by atoms with Crippen molar-refractivity contribution in [2.24, 2.45) is 41.4 Å². The van der Waals surface area contributed by atoms with E-state index in [9.17, 15) is 14.7 Å². The molecular formula is C17H22O4. The number of carboxylic acids is 1. The van der Waals surface area contributed by atoms with Crippen LogP contribution in [0.15, 0.2) is 12.7 Å². The quantitative estimate of drug-likeness (QED) is 0.491. The second-order valence-corrected chi connectivity index (χ2v) is 7.40. The van der Waals surface area contributed by atoms with E-state index in [2.05, 4.69) is 6.58 Å². The van der Waals surface area contributed by atoms with Crippen LogP contribution in [0.4, 0.5) is 0 Å². The molecule has 0 aromatic rings. The molecule has 4 heteroatoms. The summed E-state index contributed by atoms with van der Waals surface area (Å²) in [6.45, 7) is 3.47. The van der Waals surface area contributed by atoms with Crippen LogP contribution in [-0.2, 0) is 14.3 Å². The van der Waals surface area contributed by atoms with Crippen molar-refractivity contribution in [3.05, 3.63) is 12.7 Å². The van der Waals surface area contributed by atoms with Crippen LogP contribution in [0.2, 0.25) is 0 Å². The normalized spacial score (nSPS) is 49.1. The second-order valence-electron chi connectivity index (χ2n) is 7.40. The predicted molar refractivity (Wildman–Crippen MR) is 75.2 cm³/mol. The zero-order valence-electron chi connectivity index (χ0n) is 12.1. The molecule has 4 nitrogen and oxygen atoms in total. The van der Waals surface area contributed by atoms with Crippen molar-refractivity contribution in [1.82, 2.24) is 0 Å². The standard InChI is InChI=1S/C17H22O4/c1-2-15(20)21-13-6-8-5-12(13)17-10-4-3-9(16(8)17)11(10)7-14(18)19/h2,8-13,16-17H,1,3-7H2,(H,18,19). The Morgan fingerprint density at radius 3 is 2.52 bits per heavy atom. The Balaban J connectivity index is 1.54. The Kier molecular flexibility index (Phi) is 2.92. The van der Waals surface area contributed by atoms with Gasteiger partial charge in [-0.15, -0.1) is 0 Å². The van der Waals surface area contributed by atoms with Gasteiger partial charge in [-0.3, -0.25) is 4.79 Å². The van der Waals surface area contributed by atoms with Crippen LogP contribution in [0.25, 0.3) is 0 Å². The monoisotopic (exact) mass is 290 g/mol. The lowest BCUT2D eigenvalue weighted by atomic mass is 9.70. The summed E-state index contributed by atoms with van der Waals surface area (Å²) in [7, 11) is 0. The van der Waals surface area contributed by atoms with Gasteiger partial charge in [0.25, 0.3) is 0 Å². The van der Waals surface area contributed by atoms with Crippen LogP contribution in [0, 0.1) is 41.4 Å². The minimum Gasteiger partial charge on any atom is -0.481 e. The molecule has 114 valence electrons. The maximum absolute atomic E-state index is 11.5. The van der Waals surface area contributed by atoms with Crippen molar-refractivity contribution in [3.63, 3.8) is 0 Å². The number of fused-ring (bicyclic) bond motifs is 9. The third kappa shape index (κ3) is 1.80. The summed E-state index contributed by atoms with van der Waals surface area (Å²) in [5, 5.41) is 9.17. The number of aliphatic carboxylic acids is 1. The lowest BCUT2D eigenvalue weighted by Crippen LogP contribution is -2.37. The van der Waals surface area contributed by atoms with Crippen molar-refractivity contribution in [2.45, 2.75) is 38.2 Å². The Morgan fingerprint density at radius 2 is 1.86 bits per heavy atom. The summed E-state index contributed by atoms with van der Waals surface area (Å²) < 4.78 is 5.55. The lowest BCUT2D eigenvalue weighted by molar-refractivity contribution is -0.147. The van der Waals surface area contributed by atoms with Gasteiger partial charge in [-0.05, 0) is 67.1 Å². The van der Waals surface area contributed by atoms with Gasteiger partial charge in [0.15, 0.2) is 0 Å². The number of carbonyl (C=O) groups excluding carboxylic acids is 1. The SMILES string of the molecule is C=CC(=O)OC1CC2CC1C1C3CCC(C3CC(=O)O)C21. The molecule has 8 atom stereocenters. The van der Waals surface area contributed by atoms with Gasteiger partial charge in [-0.2, -0.15) is 0 Å². The molecule has 0 aromatic carbocycles. The topological polar surface area (TPSA) is 63.6 Å². The molecular weight excluding hydrogens is 268 g/mol. The van der Waals surface area contributed by atoms with E-state index < -0.39 is 5.97 Å². The van der Waals surface area contributed by atoms with E-state index in [1.165, 1.54) is 25.3 Å². The highest BCUT2D eigenvalue weighted by molar-refractivity contribution is 5.81. The fraction of sp³-hybridized carbons (Fsp3) is 0.765. The minimum absolute atomic E-state index is 0.0478. The molecule has 0 spiro atoms. The Labute approximate surface area is 124 Å². The van der Waals surface area contributed by atoms with Crippen LogP contribution in [0.5, 0.6) is 0 Å². The van der Waals surface area contributed by atoms with Crippen molar-refractivity contribution in [3.8, 4) is 0 Å². The number of rotatable bonds is 4. The molecule has 4 bridgehead atoms. The van der Waals surface area contributed by atoms with E-state index in [1.807, 2.05) is 0 Å². The Hall–Kier alpha value is -1.32. The number of ether oxygens (including phenoxy) is 1. The molecule has 4 saturated carbocycles. The fourth-order valence-corrected chi connectivity index (χ4v) is 6.55. The molecule has 0 amide bonds. The van der Waals surface area contributed by atoms with Crippen molar-refractivity contribution in [2.75, 3.05) is 0 Å². The van der Waals surface area contributed by atoms with Gasteiger partial charge in [-0.25, -0.2) is 4.79 Å². The van der Waals surface area contributed by atoms with E-state index in [1.54, 1.807) is 0 Å². The van der Waals surface area contributed by atoms with Gasteiger partial charge < -0.3 is 9.84 Å². The summed E-state index contributed by atoms with van der Waals surface area (Å²) in [6.07, 6.45) is 6.17. The molecule has 0 radical (unpaired) electrons. The van der Waals surface area contributed by atoms with E-state index in [4.69, 9.17) is 4.74 Å². The summed E-state index contributed by atoms with van der Waals surface area (Å²) >= 11 is 0. The van der Waals surface area contributed by atoms with Crippen LogP contribution >= 0.6 is 0 Å². The first kappa shape index (κ1) is 13.4. The van der Waals surface area contributed by atoms with Gasteiger partial charge in [0, 0.05) is 12.5 Å². The maximum atomic E-state index is 11.5. The Bertz CT molecular complexity index is 499. The first-order valence-corrected chi connectivity index (χ1v) is 8.15. The average Bonchev–Trinajstić information content (AvgIpc) is 3.16. The van der Waals surface area contributed by atoms with Crippen molar-refractivity contribution >= 4 is 11.9 Å². The van der Waals surface area contributed by atoms with Gasteiger partial charge in [0.2, 0.25) is 0 Å². The smallest absolute Gasteiger partial charge is 0.330 e. The first-order chi connectivity index (χ1) is 10.1. The zero-order chi connectivity index (χ0) is 14.7. The molecule has 0 heterocycles. The van der Waals surface area contributed by atoms with Crippen molar-refractivity contribution in [1.29, 1.82) is 0 Å². The van der Waals surface area contributed by atoms with E-state index in [0.29, 0.717) is 47.8 Å². The molecule has 4 rings (SSSR count). The Morgan fingerprint density at radius 1 is 1.14 bits per heavy atom. The number of esters is 1. The van der Waals surface area contributed by atoms with Gasteiger partial charge in [-0.1, -0.05) is 6.58 Å². The molecule has 0 aliphatic heterocycles. The maximum Gasteiger partial charge on any atom is 0.330 e. The highest BCUT2D eigenvalue weighted by Crippen LogP contribution is 2.70. The fourth-order valence-electron chi connectivity index (χ4n) is 6.55. The summed E-state index contributed by atoms with van der Waals surface area (Å²) in [5.74, 6) is 3.00. The average molecular weight is 290 g/mol. The number of hydrogen-bond donors (Lipinski definition) is 1. The molecule has 4 fully saturated rings. The molecule has 0 saturated heterocycles. The molecule has 4 aliphatic rings. The molecule has 21 heavy (non-hydrogen) atoms. The summed E-state index contributed by atoms with van der Waals surface area (Å²) in [4.78, 5) is 22.6. The van der Waals surface area contributed by atoms with E-state index >= 15 is 0 Å². The zero-order valence-corrected chi connectivity index (χ0v) is 12.1. The third-order valence-corrected chi connectivity index (χ3v) is 6.84. The summed E-state index contributed by atoms with van der Waals surface area (Å²) in [5.41, 5.74) is 0.